The number of carboxylic acid groups (broad SMARTS) is 2. The van der Waals surface area contributed by atoms with Gasteiger partial charge in [-0.15, -0.1) is 0 Å². The van der Waals surface area contributed by atoms with E-state index in [0.29, 0.717) is 6.42 Å². The Hall–Kier alpha value is -10.9. The van der Waals surface area contributed by atoms with E-state index in [1.807, 2.05) is 5.32 Å². The van der Waals surface area contributed by atoms with Crippen molar-refractivity contribution in [2.75, 3.05) is 58.0 Å². The number of hydrogen-bond donors (Lipinski definition) is 25. The topological polar surface area (TPSA) is 744 Å². The van der Waals surface area contributed by atoms with Crippen molar-refractivity contribution in [2.24, 2.45) is 40.5 Å². The van der Waals surface area contributed by atoms with Crippen molar-refractivity contribution in [3.05, 3.63) is 29.8 Å². The van der Waals surface area contributed by atoms with Crippen molar-refractivity contribution >= 4 is 124 Å². The number of carboxylic acids is 2. The first-order chi connectivity index (χ1) is 50.7. The van der Waals surface area contributed by atoms with Crippen LogP contribution in [-0.2, 0) is 97.5 Å². The Bertz CT molecular complexity index is 3310. The molecule has 17 amide bonds. The molecule has 0 saturated carbocycles. The van der Waals surface area contributed by atoms with Crippen molar-refractivity contribution < 1.29 is 122 Å². The summed E-state index contributed by atoms with van der Waals surface area (Å²) in [5.74, 6) is -23.0. The summed E-state index contributed by atoms with van der Waals surface area (Å²) in [6.07, 6.45) is -2.22. The number of aliphatic hydroxyl groups excluding tert-OH is 3. The predicted octanol–water partition coefficient (Wildman–Crippen LogP) is -11.9. The van der Waals surface area contributed by atoms with Crippen LogP contribution in [0.1, 0.15) is 97.5 Å². The zero-order valence-corrected chi connectivity index (χ0v) is 60.9. The molecule has 1 aromatic carbocycles. The van der Waals surface area contributed by atoms with Gasteiger partial charge in [-0.1, -0.05) is 39.8 Å². The first kappa shape index (κ1) is 95.1. The number of amides is 17. The van der Waals surface area contributed by atoms with E-state index >= 15 is 0 Å². The number of phenols is 1. The Kier molecular flexibility index (Phi) is 43.9. The smallest absolute Gasteiger partial charge is 0.305 e. The number of thioether (sulfide) groups is 1. The lowest BCUT2D eigenvalue weighted by molar-refractivity contribution is -0.141. The number of benzene rings is 1. The van der Waals surface area contributed by atoms with Crippen LogP contribution in [0, 0.1) is 11.8 Å². The summed E-state index contributed by atoms with van der Waals surface area (Å²) < 4.78 is 0. The number of hydrogen-bond acceptors (Lipinski definition) is 26. The number of nitrogens with one attached hydrogen (secondary N) is 14. The Labute approximate surface area is 623 Å². The molecule has 0 saturated heterocycles. The van der Waals surface area contributed by atoms with Crippen LogP contribution in [0.25, 0.3) is 0 Å². The molecule has 0 heterocycles. The van der Waals surface area contributed by atoms with Gasteiger partial charge in [-0.25, -0.2) is 0 Å². The van der Waals surface area contributed by atoms with Crippen molar-refractivity contribution in [1.82, 2.24) is 74.4 Å². The average molecular weight is 1560 g/mol. The monoisotopic (exact) mass is 1560 g/mol. The van der Waals surface area contributed by atoms with Crippen molar-refractivity contribution in [3.63, 3.8) is 0 Å². The third-order valence-corrected chi connectivity index (χ3v) is 16.0. The van der Waals surface area contributed by atoms with Gasteiger partial charge in [0.2, 0.25) is 100 Å². The molecule has 12 atom stereocenters. The number of nitrogens with two attached hydrogens (primary N) is 5. The summed E-state index contributed by atoms with van der Waals surface area (Å²) >= 11 is 1.19. The average Bonchev–Trinajstić information content (AvgIpc) is 0.851. The molecule has 0 aliphatic carbocycles. The first-order valence-electron chi connectivity index (χ1n) is 33.7. The Morgan fingerprint density at radius 3 is 1.27 bits per heavy atom. The highest BCUT2D eigenvalue weighted by molar-refractivity contribution is 7.98. The number of phenolic OH excluding ortho intramolecular Hbond substituents is 1. The van der Waals surface area contributed by atoms with E-state index in [9.17, 15) is 117 Å². The zero-order valence-electron chi connectivity index (χ0n) is 60.1. The second-order valence-electron chi connectivity index (χ2n) is 25.2. The molecule has 30 N–H and O–H groups in total. The molecule has 0 aliphatic heterocycles. The van der Waals surface area contributed by atoms with Crippen LogP contribution in [0.15, 0.2) is 24.3 Å². The summed E-state index contributed by atoms with van der Waals surface area (Å²) in [6, 6.07) is -14.8. The maximum absolute atomic E-state index is 14.1. The fraction of sp³-hybridized carbons (Fsp3) is 0.603. The van der Waals surface area contributed by atoms with Crippen LogP contribution in [-0.4, -0.2) is 274 Å². The lowest BCUT2D eigenvalue weighted by Crippen LogP contribution is -2.60. The predicted molar refractivity (Wildman–Crippen MR) is 377 cm³/mol. The van der Waals surface area contributed by atoms with Gasteiger partial charge < -0.3 is 134 Å². The number of unbranched alkanes of at least 4 members (excludes halogenated alkanes) is 1. The molecule has 0 fully saturated rings. The van der Waals surface area contributed by atoms with E-state index in [-0.39, 0.29) is 55.2 Å². The Morgan fingerprint density at radius 1 is 0.426 bits per heavy atom. The largest absolute Gasteiger partial charge is 0.508 e. The fourth-order valence-corrected chi connectivity index (χ4v) is 10.0. The van der Waals surface area contributed by atoms with E-state index in [2.05, 4.69) is 69.1 Å². The number of aromatic hydroxyl groups is 1. The summed E-state index contributed by atoms with van der Waals surface area (Å²) in [4.78, 5) is 247. The molecule has 44 nitrogen and oxygen atoms in total. The van der Waals surface area contributed by atoms with E-state index in [0.717, 1.165) is 0 Å². The molecule has 0 radical (unpaired) electrons. The Morgan fingerprint density at radius 2 is 0.815 bits per heavy atom. The van der Waals surface area contributed by atoms with Gasteiger partial charge in [0, 0.05) is 12.8 Å². The number of carbonyl (C=O) groups is 19. The van der Waals surface area contributed by atoms with E-state index in [1.165, 1.54) is 49.9 Å². The second-order valence-corrected chi connectivity index (χ2v) is 26.2. The molecule has 12 unspecified atom stereocenters. The zero-order chi connectivity index (χ0) is 82.1. The maximum atomic E-state index is 14.1. The van der Waals surface area contributed by atoms with Gasteiger partial charge in [0.25, 0.3) is 0 Å². The van der Waals surface area contributed by atoms with Gasteiger partial charge in [-0.3, -0.25) is 91.1 Å². The summed E-state index contributed by atoms with van der Waals surface area (Å²) in [6.45, 7) is 0.465. The minimum atomic E-state index is -2.05. The summed E-state index contributed by atoms with van der Waals surface area (Å²) in [5.41, 5.74) is 27.6. The minimum absolute atomic E-state index is 0.0872. The molecular formula is C63H101N19O25S. The highest BCUT2D eigenvalue weighted by Gasteiger charge is 2.37. The highest BCUT2D eigenvalue weighted by atomic mass is 32.2. The highest BCUT2D eigenvalue weighted by Crippen LogP contribution is 2.14. The first-order valence-corrected chi connectivity index (χ1v) is 35.1. The number of carbonyl (C=O) groups excluding carboxylic acids is 17. The standard InChI is InChI=1S/C63H101N19O25S/c1-29(2)18-37(52(68)96)76-61(105)42(27-84)81-60(104)41(26-83)73-47(90)24-69-54(98)34(8-6-7-16-64)72-46(89)23-70-55(99)38(19-31-9-11-32(86)12-10-31)77-59(103)39(21-45(67)88)79-63(107)51(30(3)4)82-48(91)25-71-56(100)40(22-50(94)95)78-62(106)43(28-85)80-58(102)36(15-17-108-5)75-57(101)35(13-14-44(66)87)74-53(97)33(65)20-49(92)93/h9-12,29-30,33-43,51,83-86H,6-8,13-28,64-65H2,1-5H3,(H2,66,87)(H2,67,88)(H2,68,96)(H,69,98)(H,70,99)(H,71,100)(H,72,89)(H,73,90)(H,74,97)(H,75,101)(H,76,105)(H,77,103)(H,78,106)(H,79,107)(H,80,102)(H,81,104)(H,82,91)(H,92,93)(H,94,95). The molecule has 0 aliphatic rings. The third kappa shape index (κ3) is 37.4. The lowest BCUT2D eigenvalue weighted by Gasteiger charge is -2.27. The number of aliphatic carboxylic acids is 2. The van der Waals surface area contributed by atoms with Crippen LogP contribution < -0.4 is 103 Å². The summed E-state index contributed by atoms with van der Waals surface area (Å²) in [5, 5.41) is 89.9. The van der Waals surface area contributed by atoms with Crippen molar-refractivity contribution in [1.29, 1.82) is 0 Å². The van der Waals surface area contributed by atoms with Gasteiger partial charge >= 0.3 is 11.9 Å². The second kappa shape index (κ2) is 49.8. The van der Waals surface area contributed by atoms with Crippen LogP contribution in [0.2, 0.25) is 0 Å². The number of aliphatic hydroxyl groups is 3. The van der Waals surface area contributed by atoms with E-state index in [1.54, 1.807) is 20.1 Å². The molecule has 108 heavy (non-hydrogen) atoms. The minimum Gasteiger partial charge on any atom is -0.508 e. The normalized spacial score (nSPS) is 14.3. The number of rotatable bonds is 53. The number of primary amides is 3. The van der Waals surface area contributed by atoms with Crippen molar-refractivity contribution in [2.45, 2.75) is 171 Å². The van der Waals surface area contributed by atoms with Crippen LogP contribution in [0.3, 0.4) is 0 Å². The maximum Gasteiger partial charge on any atom is 0.305 e. The SMILES string of the molecule is CSCCC(NC(=O)C(CCC(N)=O)NC(=O)C(N)CC(=O)O)C(=O)NC(CO)C(=O)NC(CC(=O)O)C(=O)NCC(=O)NC(C(=O)NC(CC(N)=O)C(=O)NC(Cc1ccc(O)cc1)C(=O)NCC(=O)NC(CCCCN)C(=O)NCC(=O)NC(CO)C(=O)NC(CO)C(=O)NC(CC(C)C)C(N)=O)C(C)C. The molecule has 0 spiro atoms. The van der Waals surface area contributed by atoms with Gasteiger partial charge in [0.05, 0.1) is 64.8 Å². The van der Waals surface area contributed by atoms with Gasteiger partial charge in [0.1, 0.15) is 72.2 Å². The van der Waals surface area contributed by atoms with Crippen LogP contribution in [0.4, 0.5) is 0 Å². The van der Waals surface area contributed by atoms with Crippen molar-refractivity contribution in [3.8, 4) is 5.75 Å². The fourth-order valence-electron chi connectivity index (χ4n) is 9.57. The summed E-state index contributed by atoms with van der Waals surface area (Å²) in [7, 11) is 0. The van der Waals surface area contributed by atoms with Gasteiger partial charge in [-0.05, 0) is 86.6 Å². The molecule has 0 aromatic heterocycles. The quantitative estimate of drug-likeness (QED) is 0.0269. The van der Waals surface area contributed by atoms with Gasteiger partial charge in [-0.2, -0.15) is 11.8 Å². The molecule has 1 aromatic rings. The molecule has 604 valence electrons. The molecular weight excluding hydrogens is 1450 g/mol. The van der Waals surface area contributed by atoms with E-state index < -0.39 is 269 Å². The third-order valence-electron chi connectivity index (χ3n) is 15.3. The lowest BCUT2D eigenvalue weighted by atomic mass is 10.0. The van der Waals surface area contributed by atoms with Crippen LogP contribution in [0.5, 0.6) is 5.75 Å². The molecule has 45 heteroatoms. The van der Waals surface area contributed by atoms with Crippen LogP contribution >= 0.6 is 11.8 Å². The van der Waals surface area contributed by atoms with Gasteiger partial charge in [0.15, 0.2) is 0 Å². The Balaban J connectivity index is 3.30. The van der Waals surface area contributed by atoms with E-state index in [4.69, 9.17) is 33.8 Å². The molecule has 0 bridgehead atoms. The molecule has 1 rings (SSSR count).